The minimum Gasteiger partial charge on any atom is -0.392 e. The molecule has 1 aromatic rings. The van der Waals surface area contributed by atoms with Crippen LogP contribution in [0.2, 0.25) is 0 Å². The fourth-order valence-electron chi connectivity index (χ4n) is 1.67. The molecule has 0 aromatic heterocycles. The Morgan fingerprint density at radius 2 is 1.95 bits per heavy atom. The number of hydrogen-bond acceptors (Lipinski definition) is 2. The molecule has 0 spiro atoms. The molecule has 20 heavy (non-hydrogen) atoms. The summed E-state index contributed by atoms with van der Waals surface area (Å²) in [5, 5.41) is 15.8. The molecule has 0 saturated heterocycles. The number of guanidine groups is 1. The highest BCUT2D eigenvalue weighted by atomic mass is 16.3. The Labute approximate surface area is 122 Å². The van der Waals surface area contributed by atoms with E-state index in [-0.39, 0.29) is 6.10 Å². The lowest BCUT2D eigenvalue weighted by atomic mass is 10.1. The maximum absolute atomic E-state index is 9.34. The van der Waals surface area contributed by atoms with Gasteiger partial charge in [0.25, 0.3) is 0 Å². The van der Waals surface area contributed by atoms with Crippen LogP contribution in [0.15, 0.2) is 29.3 Å². The van der Waals surface area contributed by atoms with Gasteiger partial charge in [0, 0.05) is 13.1 Å². The molecule has 0 aliphatic heterocycles. The van der Waals surface area contributed by atoms with Crippen molar-refractivity contribution in [3.8, 4) is 0 Å². The lowest BCUT2D eigenvalue weighted by Gasteiger charge is -2.13. The van der Waals surface area contributed by atoms with Crippen LogP contribution >= 0.6 is 0 Å². The van der Waals surface area contributed by atoms with Crippen LogP contribution in [0.3, 0.4) is 0 Å². The number of unbranched alkanes of at least 4 members (excludes halogenated alkanes) is 1. The van der Waals surface area contributed by atoms with Gasteiger partial charge in [-0.25, -0.2) is 4.99 Å². The van der Waals surface area contributed by atoms with Crippen molar-refractivity contribution in [3.63, 3.8) is 0 Å². The molecule has 3 N–H and O–H groups in total. The fraction of sp³-hybridized carbons (Fsp3) is 0.562. The zero-order valence-corrected chi connectivity index (χ0v) is 12.8. The first kappa shape index (κ1) is 16.5. The normalized spacial score (nSPS) is 13.1. The SMILES string of the molecule is CCCCNC(=NCc1ccc(C)cc1)NCC(C)O. The van der Waals surface area contributed by atoms with Crippen LogP contribution in [0.1, 0.15) is 37.8 Å². The average molecular weight is 277 g/mol. The number of nitrogens with zero attached hydrogens (tertiary/aromatic N) is 1. The highest BCUT2D eigenvalue weighted by Crippen LogP contribution is 2.04. The van der Waals surface area contributed by atoms with E-state index in [0.29, 0.717) is 13.1 Å². The largest absolute Gasteiger partial charge is 0.392 e. The molecule has 1 unspecified atom stereocenters. The van der Waals surface area contributed by atoms with E-state index in [0.717, 1.165) is 25.3 Å². The molecule has 0 amide bonds. The molecule has 0 aliphatic carbocycles. The number of aliphatic hydroxyl groups is 1. The summed E-state index contributed by atoms with van der Waals surface area (Å²) in [4.78, 5) is 4.55. The number of aryl methyl sites for hydroxylation is 1. The zero-order valence-electron chi connectivity index (χ0n) is 12.8. The third-order valence-corrected chi connectivity index (χ3v) is 2.93. The predicted octanol–water partition coefficient (Wildman–Crippen LogP) is 2.21. The molecule has 0 fully saturated rings. The summed E-state index contributed by atoms with van der Waals surface area (Å²) < 4.78 is 0. The maximum Gasteiger partial charge on any atom is 0.191 e. The summed E-state index contributed by atoms with van der Waals surface area (Å²) in [5.41, 5.74) is 2.44. The second-order valence-electron chi connectivity index (χ2n) is 5.16. The quantitative estimate of drug-likeness (QED) is 0.407. The maximum atomic E-state index is 9.34. The lowest BCUT2D eigenvalue weighted by molar-refractivity contribution is 0.197. The second kappa shape index (κ2) is 9.37. The average Bonchev–Trinajstić information content (AvgIpc) is 2.43. The van der Waals surface area contributed by atoms with E-state index in [1.54, 1.807) is 6.92 Å². The first-order valence-corrected chi connectivity index (χ1v) is 7.37. The Hall–Kier alpha value is -1.55. The van der Waals surface area contributed by atoms with Crippen molar-refractivity contribution in [1.82, 2.24) is 10.6 Å². The van der Waals surface area contributed by atoms with Gasteiger partial charge >= 0.3 is 0 Å². The Morgan fingerprint density at radius 3 is 2.55 bits per heavy atom. The standard InChI is InChI=1S/C16H27N3O/c1-4-5-10-17-16(18-11-14(3)20)19-12-15-8-6-13(2)7-9-15/h6-9,14,20H,4-5,10-12H2,1-3H3,(H2,17,18,19). The summed E-state index contributed by atoms with van der Waals surface area (Å²) in [5.74, 6) is 0.764. The Balaban J connectivity index is 2.55. The van der Waals surface area contributed by atoms with E-state index in [2.05, 4.69) is 53.7 Å². The van der Waals surface area contributed by atoms with Gasteiger partial charge < -0.3 is 15.7 Å². The lowest BCUT2D eigenvalue weighted by Crippen LogP contribution is -2.41. The molecule has 112 valence electrons. The Kier molecular flexibility index (Phi) is 7.73. The molecule has 0 saturated carbocycles. The van der Waals surface area contributed by atoms with Gasteiger partial charge in [-0.15, -0.1) is 0 Å². The molecule has 1 aromatic carbocycles. The summed E-state index contributed by atoms with van der Waals surface area (Å²) in [6.45, 7) is 8.04. The first-order chi connectivity index (χ1) is 9.61. The van der Waals surface area contributed by atoms with Crippen LogP contribution in [0.25, 0.3) is 0 Å². The molecule has 1 rings (SSSR count). The van der Waals surface area contributed by atoms with Gasteiger partial charge in [-0.05, 0) is 25.8 Å². The predicted molar refractivity (Wildman–Crippen MR) is 84.9 cm³/mol. The molecular formula is C16H27N3O. The van der Waals surface area contributed by atoms with E-state index in [4.69, 9.17) is 0 Å². The summed E-state index contributed by atoms with van der Waals surface area (Å²) >= 11 is 0. The van der Waals surface area contributed by atoms with Gasteiger partial charge in [-0.2, -0.15) is 0 Å². The van der Waals surface area contributed by atoms with Crippen molar-refractivity contribution in [2.24, 2.45) is 4.99 Å². The number of aliphatic hydroxyl groups excluding tert-OH is 1. The minimum absolute atomic E-state index is 0.382. The minimum atomic E-state index is -0.382. The van der Waals surface area contributed by atoms with Crippen LogP contribution in [0.5, 0.6) is 0 Å². The summed E-state index contributed by atoms with van der Waals surface area (Å²) in [6, 6.07) is 8.38. The van der Waals surface area contributed by atoms with Crippen molar-refractivity contribution in [3.05, 3.63) is 35.4 Å². The number of rotatable bonds is 7. The molecular weight excluding hydrogens is 250 g/mol. The number of hydrogen-bond donors (Lipinski definition) is 3. The Morgan fingerprint density at radius 1 is 1.25 bits per heavy atom. The number of nitrogens with one attached hydrogen (secondary N) is 2. The van der Waals surface area contributed by atoms with Crippen molar-refractivity contribution in [1.29, 1.82) is 0 Å². The van der Waals surface area contributed by atoms with Gasteiger partial charge in [-0.3, -0.25) is 0 Å². The van der Waals surface area contributed by atoms with Crippen LogP contribution in [-0.2, 0) is 6.54 Å². The smallest absolute Gasteiger partial charge is 0.191 e. The zero-order chi connectivity index (χ0) is 14.8. The molecule has 0 aliphatic rings. The van der Waals surface area contributed by atoms with Crippen LogP contribution in [0.4, 0.5) is 0 Å². The Bertz CT molecular complexity index is 399. The third kappa shape index (κ3) is 7.14. The van der Waals surface area contributed by atoms with E-state index < -0.39 is 0 Å². The summed E-state index contributed by atoms with van der Waals surface area (Å²) in [7, 11) is 0. The molecule has 0 heterocycles. The number of aliphatic imine (C=N–C) groups is 1. The molecule has 4 heteroatoms. The highest BCUT2D eigenvalue weighted by Gasteiger charge is 2.00. The van der Waals surface area contributed by atoms with Crippen molar-refractivity contribution in [2.75, 3.05) is 13.1 Å². The summed E-state index contributed by atoms with van der Waals surface area (Å²) in [6.07, 6.45) is 1.88. The van der Waals surface area contributed by atoms with E-state index in [1.807, 2.05) is 0 Å². The van der Waals surface area contributed by atoms with Gasteiger partial charge in [0.15, 0.2) is 5.96 Å². The molecule has 4 nitrogen and oxygen atoms in total. The molecule has 1 atom stereocenters. The molecule has 0 radical (unpaired) electrons. The number of benzene rings is 1. The van der Waals surface area contributed by atoms with Crippen molar-refractivity contribution in [2.45, 2.75) is 46.3 Å². The van der Waals surface area contributed by atoms with Crippen LogP contribution < -0.4 is 10.6 Å². The molecule has 0 bridgehead atoms. The van der Waals surface area contributed by atoms with E-state index in [1.165, 1.54) is 11.1 Å². The van der Waals surface area contributed by atoms with Crippen LogP contribution in [-0.4, -0.2) is 30.3 Å². The van der Waals surface area contributed by atoms with Crippen molar-refractivity contribution >= 4 is 5.96 Å². The second-order valence-corrected chi connectivity index (χ2v) is 5.16. The fourth-order valence-corrected chi connectivity index (χ4v) is 1.67. The van der Waals surface area contributed by atoms with Gasteiger partial charge in [0.1, 0.15) is 0 Å². The van der Waals surface area contributed by atoms with E-state index >= 15 is 0 Å². The van der Waals surface area contributed by atoms with Crippen LogP contribution in [0, 0.1) is 6.92 Å². The topological polar surface area (TPSA) is 56.7 Å². The van der Waals surface area contributed by atoms with Crippen molar-refractivity contribution < 1.29 is 5.11 Å². The monoisotopic (exact) mass is 277 g/mol. The first-order valence-electron chi connectivity index (χ1n) is 7.37. The van der Waals surface area contributed by atoms with Gasteiger partial charge in [0.2, 0.25) is 0 Å². The van der Waals surface area contributed by atoms with Gasteiger partial charge in [0.05, 0.1) is 12.6 Å². The van der Waals surface area contributed by atoms with E-state index in [9.17, 15) is 5.11 Å². The van der Waals surface area contributed by atoms with Gasteiger partial charge in [-0.1, -0.05) is 43.2 Å². The third-order valence-electron chi connectivity index (χ3n) is 2.93. The highest BCUT2D eigenvalue weighted by molar-refractivity contribution is 5.79.